The molecule has 0 aromatic rings. The third-order valence-electron chi connectivity index (χ3n) is 2.42. The Kier molecular flexibility index (Phi) is 3.69. The highest BCUT2D eigenvalue weighted by molar-refractivity contribution is 5.74. The van der Waals surface area contributed by atoms with Crippen molar-refractivity contribution in [1.82, 2.24) is 10.2 Å². The molecule has 1 rings (SSSR count). The Morgan fingerprint density at radius 1 is 1.77 bits per heavy atom. The molecule has 1 aliphatic heterocycles. The SMILES string of the molecule is CC(CC(N)=O)NC1CCN(C)C1. The van der Waals surface area contributed by atoms with Gasteiger partial charge in [0.25, 0.3) is 0 Å². The zero-order chi connectivity index (χ0) is 9.84. The number of carbonyl (C=O) groups excluding carboxylic acids is 1. The van der Waals surface area contributed by atoms with Crippen LogP contribution >= 0.6 is 0 Å². The van der Waals surface area contributed by atoms with E-state index in [4.69, 9.17) is 5.73 Å². The lowest BCUT2D eigenvalue weighted by molar-refractivity contribution is -0.118. The number of nitrogens with zero attached hydrogens (tertiary/aromatic N) is 1. The molecule has 0 aliphatic carbocycles. The molecule has 3 N–H and O–H groups in total. The molecule has 1 fully saturated rings. The summed E-state index contributed by atoms with van der Waals surface area (Å²) in [6.07, 6.45) is 1.60. The van der Waals surface area contributed by atoms with Crippen molar-refractivity contribution in [2.24, 2.45) is 5.73 Å². The van der Waals surface area contributed by atoms with Gasteiger partial charge in [0.1, 0.15) is 0 Å². The van der Waals surface area contributed by atoms with E-state index in [0.29, 0.717) is 12.5 Å². The van der Waals surface area contributed by atoms with Crippen LogP contribution < -0.4 is 11.1 Å². The van der Waals surface area contributed by atoms with E-state index in [0.717, 1.165) is 13.1 Å². The molecule has 1 saturated heterocycles. The fourth-order valence-corrected chi connectivity index (χ4v) is 1.83. The van der Waals surface area contributed by atoms with E-state index in [1.807, 2.05) is 6.92 Å². The number of amides is 1. The largest absolute Gasteiger partial charge is 0.370 e. The molecule has 4 heteroatoms. The molecule has 4 nitrogen and oxygen atoms in total. The minimum absolute atomic E-state index is 0.203. The predicted octanol–water partition coefficient (Wildman–Crippen LogP) is -0.456. The number of likely N-dealkylation sites (tertiary alicyclic amines) is 1. The zero-order valence-electron chi connectivity index (χ0n) is 8.42. The van der Waals surface area contributed by atoms with Crippen LogP contribution in [-0.4, -0.2) is 43.0 Å². The molecule has 2 unspecified atom stereocenters. The van der Waals surface area contributed by atoms with E-state index in [2.05, 4.69) is 17.3 Å². The van der Waals surface area contributed by atoms with Gasteiger partial charge < -0.3 is 16.0 Å². The maximum absolute atomic E-state index is 10.6. The first-order chi connectivity index (χ1) is 6.08. The minimum Gasteiger partial charge on any atom is -0.370 e. The number of rotatable bonds is 4. The Morgan fingerprint density at radius 3 is 2.92 bits per heavy atom. The molecule has 0 bridgehead atoms. The van der Waals surface area contributed by atoms with Crippen LogP contribution in [0.2, 0.25) is 0 Å². The molecular formula is C9H19N3O. The van der Waals surface area contributed by atoms with Crippen molar-refractivity contribution in [2.75, 3.05) is 20.1 Å². The number of hydrogen-bond acceptors (Lipinski definition) is 3. The van der Waals surface area contributed by atoms with Crippen LogP contribution in [-0.2, 0) is 4.79 Å². The molecule has 0 radical (unpaired) electrons. The van der Waals surface area contributed by atoms with Crippen LogP contribution in [0.3, 0.4) is 0 Å². The molecule has 0 saturated carbocycles. The first kappa shape index (κ1) is 10.5. The second-order valence-corrected chi connectivity index (χ2v) is 3.99. The highest BCUT2D eigenvalue weighted by Gasteiger charge is 2.20. The van der Waals surface area contributed by atoms with Gasteiger partial charge in [-0.1, -0.05) is 0 Å². The van der Waals surface area contributed by atoms with Gasteiger partial charge in [-0.25, -0.2) is 0 Å². The minimum atomic E-state index is -0.230. The molecule has 2 atom stereocenters. The van der Waals surface area contributed by atoms with Crippen LogP contribution in [0, 0.1) is 0 Å². The lowest BCUT2D eigenvalue weighted by Gasteiger charge is -2.17. The summed E-state index contributed by atoms with van der Waals surface area (Å²) in [5.41, 5.74) is 5.11. The van der Waals surface area contributed by atoms with Crippen molar-refractivity contribution in [1.29, 1.82) is 0 Å². The average Bonchev–Trinajstić information content (AvgIpc) is 2.33. The van der Waals surface area contributed by atoms with Crippen LogP contribution in [0.15, 0.2) is 0 Å². The van der Waals surface area contributed by atoms with Crippen molar-refractivity contribution >= 4 is 5.91 Å². The first-order valence-electron chi connectivity index (χ1n) is 4.81. The van der Waals surface area contributed by atoms with Crippen molar-refractivity contribution in [3.8, 4) is 0 Å². The quantitative estimate of drug-likeness (QED) is 0.623. The third-order valence-corrected chi connectivity index (χ3v) is 2.42. The average molecular weight is 185 g/mol. The summed E-state index contributed by atoms with van der Waals surface area (Å²) >= 11 is 0. The number of primary amides is 1. The molecule has 0 aromatic heterocycles. The normalized spacial score (nSPS) is 26.2. The van der Waals surface area contributed by atoms with Crippen LogP contribution in [0.25, 0.3) is 0 Å². The monoisotopic (exact) mass is 185 g/mol. The van der Waals surface area contributed by atoms with Gasteiger partial charge in [0.2, 0.25) is 5.91 Å². The van der Waals surface area contributed by atoms with Gasteiger partial charge in [-0.3, -0.25) is 4.79 Å². The molecular weight excluding hydrogens is 166 g/mol. The zero-order valence-corrected chi connectivity index (χ0v) is 8.42. The number of likely N-dealkylation sites (N-methyl/N-ethyl adjacent to an activating group) is 1. The van der Waals surface area contributed by atoms with Crippen molar-refractivity contribution in [3.05, 3.63) is 0 Å². The third kappa shape index (κ3) is 3.74. The molecule has 76 valence electrons. The lowest BCUT2D eigenvalue weighted by Crippen LogP contribution is -2.40. The van der Waals surface area contributed by atoms with Gasteiger partial charge >= 0.3 is 0 Å². The van der Waals surface area contributed by atoms with E-state index in [1.54, 1.807) is 0 Å². The van der Waals surface area contributed by atoms with Crippen LogP contribution in [0.4, 0.5) is 0 Å². The number of nitrogens with two attached hydrogens (primary N) is 1. The topological polar surface area (TPSA) is 58.4 Å². The second kappa shape index (κ2) is 4.58. The van der Waals surface area contributed by atoms with Crippen molar-refractivity contribution < 1.29 is 4.79 Å². The Bertz CT molecular complexity index is 184. The summed E-state index contributed by atoms with van der Waals surface area (Å²) in [5, 5.41) is 3.40. The van der Waals surface area contributed by atoms with E-state index in [1.165, 1.54) is 6.42 Å². The smallest absolute Gasteiger partial charge is 0.218 e. The summed E-state index contributed by atoms with van der Waals surface area (Å²) in [4.78, 5) is 12.9. The van der Waals surface area contributed by atoms with E-state index in [-0.39, 0.29) is 11.9 Å². The lowest BCUT2D eigenvalue weighted by atomic mass is 10.2. The van der Waals surface area contributed by atoms with E-state index >= 15 is 0 Å². The van der Waals surface area contributed by atoms with Gasteiger partial charge in [-0.15, -0.1) is 0 Å². The first-order valence-corrected chi connectivity index (χ1v) is 4.81. The molecule has 0 spiro atoms. The predicted molar refractivity (Wildman–Crippen MR) is 52.3 cm³/mol. The Labute approximate surface area is 79.5 Å². The molecule has 1 aliphatic rings. The summed E-state index contributed by atoms with van der Waals surface area (Å²) in [6, 6.07) is 0.730. The molecule has 13 heavy (non-hydrogen) atoms. The van der Waals surface area contributed by atoms with Gasteiger partial charge in [0.05, 0.1) is 0 Å². The van der Waals surface area contributed by atoms with Gasteiger partial charge in [0.15, 0.2) is 0 Å². The number of carbonyl (C=O) groups is 1. The molecule has 1 amide bonds. The van der Waals surface area contributed by atoms with E-state index < -0.39 is 0 Å². The number of hydrogen-bond donors (Lipinski definition) is 2. The molecule has 1 heterocycles. The fraction of sp³-hybridized carbons (Fsp3) is 0.889. The Balaban J connectivity index is 2.20. The molecule has 0 aromatic carbocycles. The van der Waals surface area contributed by atoms with Gasteiger partial charge in [0, 0.05) is 25.0 Å². The van der Waals surface area contributed by atoms with Gasteiger partial charge in [-0.2, -0.15) is 0 Å². The summed E-state index contributed by atoms with van der Waals surface area (Å²) in [5.74, 6) is -0.230. The highest BCUT2D eigenvalue weighted by atomic mass is 16.1. The summed E-state index contributed by atoms with van der Waals surface area (Å²) < 4.78 is 0. The maximum atomic E-state index is 10.6. The van der Waals surface area contributed by atoms with Crippen LogP contribution in [0.5, 0.6) is 0 Å². The maximum Gasteiger partial charge on any atom is 0.218 e. The summed E-state index contributed by atoms with van der Waals surface area (Å²) in [6.45, 7) is 4.22. The Hall–Kier alpha value is -0.610. The van der Waals surface area contributed by atoms with Crippen molar-refractivity contribution in [3.63, 3.8) is 0 Å². The van der Waals surface area contributed by atoms with Gasteiger partial charge in [-0.05, 0) is 26.9 Å². The number of nitrogens with one attached hydrogen (secondary N) is 1. The van der Waals surface area contributed by atoms with Crippen LogP contribution in [0.1, 0.15) is 19.8 Å². The van der Waals surface area contributed by atoms with E-state index in [9.17, 15) is 4.79 Å². The summed E-state index contributed by atoms with van der Waals surface area (Å²) in [7, 11) is 2.11. The van der Waals surface area contributed by atoms with Crippen molar-refractivity contribution in [2.45, 2.75) is 31.8 Å². The highest BCUT2D eigenvalue weighted by Crippen LogP contribution is 2.07. The fourth-order valence-electron chi connectivity index (χ4n) is 1.83. The Morgan fingerprint density at radius 2 is 2.46 bits per heavy atom. The second-order valence-electron chi connectivity index (χ2n) is 3.99. The standard InChI is InChI=1S/C9H19N3O/c1-7(5-9(10)13)11-8-3-4-12(2)6-8/h7-8,11H,3-6H2,1-2H3,(H2,10,13).